The third-order valence-corrected chi connectivity index (χ3v) is 3.51. The number of furan rings is 1. The summed E-state index contributed by atoms with van der Waals surface area (Å²) < 4.78 is 5.07. The smallest absolute Gasteiger partial charge is 0.303 e. The Morgan fingerprint density at radius 2 is 2.30 bits per heavy atom. The van der Waals surface area contributed by atoms with Gasteiger partial charge in [-0.1, -0.05) is 0 Å². The summed E-state index contributed by atoms with van der Waals surface area (Å²) in [6.07, 6.45) is 2.70. The van der Waals surface area contributed by atoms with E-state index in [1.54, 1.807) is 13.0 Å². The minimum absolute atomic E-state index is 0.118. The molecule has 6 nitrogen and oxygen atoms in total. The molecule has 7 heteroatoms. The van der Waals surface area contributed by atoms with Crippen LogP contribution in [0.15, 0.2) is 22.1 Å². The number of anilines is 1. The molecule has 0 saturated heterocycles. The zero-order chi connectivity index (χ0) is 14.5. The quantitative estimate of drug-likeness (QED) is 0.854. The molecule has 2 heterocycles. The fraction of sp³-hybridized carbons (Fsp3) is 0.308. The monoisotopic (exact) mass is 294 g/mol. The first kappa shape index (κ1) is 14.3. The third-order valence-electron chi connectivity index (χ3n) is 2.70. The van der Waals surface area contributed by atoms with Gasteiger partial charge in [0.15, 0.2) is 5.13 Å². The maximum absolute atomic E-state index is 11.9. The first-order valence-corrected chi connectivity index (χ1v) is 6.96. The van der Waals surface area contributed by atoms with Gasteiger partial charge in [-0.2, -0.15) is 0 Å². The van der Waals surface area contributed by atoms with E-state index in [9.17, 15) is 9.59 Å². The van der Waals surface area contributed by atoms with Crippen LogP contribution in [0, 0.1) is 6.92 Å². The van der Waals surface area contributed by atoms with E-state index in [0.29, 0.717) is 29.3 Å². The Bertz CT molecular complexity index is 617. The molecule has 0 bridgehead atoms. The molecule has 2 aromatic heterocycles. The number of nitrogens with zero attached hydrogens (tertiary/aromatic N) is 1. The van der Waals surface area contributed by atoms with Crippen LogP contribution in [0.5, 0.6) is 0 Å². The molecule has 0 aliphatic heterocycles. The molecule has 2 N–H and O–H groups in total. The van der Waals surface area contributed by atoms with Crippen molar-refractivity contribution in [2.24, 2.45) is 0 Å². The Morgan fingerprint density at radius 1 is 1.50 bits per heavy atom. The van der Waals surface area contributed by atoms with Crippen molar-refractivity contribution in [2.45, 2.75) is 26.2 Å². The fourth-order valence-corrected chi connectivity index (χ4v) is 2.42. The number of aryl methyl sites for hydroxylation is 2. The Labute approximate surface area is 119 Å². The maximum Gasteiger partial charge on any atom is 0.303 e. The van der Waals surface area contributed by atoms with E-state index in [1.165, 1.54) is 17.6 Å². The number of hydrogen-bond acceptors (Lipinski definition) is 5. The van der Waals surface area contributed by atoms with Gasteiger partial charge in [-0.3, -0.25) is 14.9 Å². The average Bonchev–Trinajstić information content (AvgIpc) is 2.98. The summed E-state index contributed by atoms with van der Waals surface area (Å²) in [4.78, 5) is 26.6. The molecule has 0 aromatic carbocycles. The maximum atomic E-state index is 11.9. The van der Waals surface area contributed by atoms with E-state index in [4.69, 9.17) is 9.52 Å². The highest BCUT2D eigenvalue weighted by atomic mass is 32.1. The SMILES string of the molecule is Cc1occc1C(=O)Nc1nc(CCCC(=O)O)cs1. The van der Waals surface area contributed by atoms with Crippen LogP contribution in [0.3, 0.4) is 0 Å². The molecule has 0 radical (unpaired) electrons. The van der Waals surface area contributed by atoms with E-state index in [2.05, 4.69) is 10.3 Å². The molecular weight excluding hydrogens is 280 g/mol. The van der Waals surface area contributed by atoms with E-state index in [0.717, 1.165) is 5.69 Å². The molecule has 0 fully saturated rings. The molecule has 0 aliphatic rings. The zero-order valence-electron chi connectivity index (χ0n) is 10.9. The van der Waals surface area contributed by atoms with Gasteiger partial charge in [0.1, 0.15) is 5.76 Å². The molecule has 0 spiro atoms. The lowest BCUT2D eigenvalue weighted by Crippen LogP contribution is -2.11. The standard InChI is InChI=1S/C13H14N2O4S/c1-8-10(5-6-19-8)12(18)15-13-14-9(7-20-13)3-2-4-11(16)17/h5-7H,2-4H2,1H3,(H,16,17)(H,14,15,18). The van der Waals surface area contributed by atoms with E-state index in [-0.39, 0.29) is 12.3 Å². The van der Waals surface area contributed by atoms with Gasteiger partial charge < -0.3 is 9.52 Å². The van der Waals surface area contributed by atoms with Gasteiger partial charge in [0.2, 0.25) is 0 Å². The minimum atomic E-state index is -0.816. The summed E-state index contributed by atoms with van der Waals surface area (Å²) >= 11 is 1.32. The average molecular weight is 294 g/mol. The van der Waals surface area contributed by atoms with Crippen molar-refractivity contribution in [1.82, 2.24) is 4.98 Å². The predicted molar refractivity (Wildman–Crippen MR) is 74.1 cm³/mol. The third kappa shape index (κ3) is 3.67. The molecule has 0 atom stereocenters. The normalized spacial score (nSPS) is 10.4. The van der Waals surface area contributed by atoms with Crippen LogP contribution in [0.1, 0.15) is 34.7 Å². The van der Waals surface area contributed by atoms with Crippen LogP contribution in [0.25, 0.3) is 0 Å². The summed E-state index contributed by atoms with van der Waals surface area (Å²) in [5.74, 6) is -0.521. The lowest BCUT2D eigenvalue weighted by Gasteiger charge is -1.99. The molecule has 1 amide bonds. The van der Waals surface area contributed by atoms with Crippen LogP contribution < -0.4 is 5.32 Å². The highest BCUT2D eigenvalue weighted by Gasteiger charge is 2.13. The predicted octanol–water partition coefficient (Wildman–Crippen LogP) is 2.70. The van der Waals surface area contributed by atoms with Crippen molar-refractivity contribution >= 4 is 28.3 Å². The second-order valence-electron chi connectivity index (χ2n) is 4.24. The summed E-state index contributed by atoms with van der Waals surface area (Å²) in [5.41, 5.74) is 1.27. The number of thiazole rings is 1. The molecule has 0 aliphatic carbocycles. The molecule has 0 saturated carbocycles. The highest BCUT2D eigenvalue weighted by molar-refractivity contribution is 7.13. The number of carbonyl (C=O) groups is 2. The molecule has 2 aromatic rings. The Kier molecular flexibility index (Phi) is 4.52. The van der Waals surface area contributed by atoms with Gasteiger partial charge in [0, 0.05) is 11.8 Å². The van der Waals surface area contributed by atoms with Crippen LogP contribution in [0.4, 0.5) is 5.13 Å². The van der Waals surface area contributed by atoms with Gasteiger partial charge in [-0.25, -0.2) is 4.98 Å². The number of aromatic nitrogens is 1. The molecular formula is C13H14N2O4S. The largest absolute Gasteiger partial charge is 0.481 e. The van der Waals surface area contributed by atoms with Gasteiger partial charge in [0.25, 0.3) is 5.91 Å². The zero-order valence-corrected chi connectivity index (χ0v) is 11.7. The molecule has 2 rings (SSSR count). The number of nitrogens with one attached hydrogen (secondary N) is 1. The number of amides is 1. The van der Waals surface area contributed by atoms with Crippen molar-refractivity contribution in [1.29, 1.82) is 0 Å². The van der Waals surface area contributed by atoms with Crippen molar-refractivity contribution in [3.63, 3.8) is 0 Å². The Morgan fingerprint density at radius 3 is 2.95 bits per heavy atom. The van der Waals surface area contributed by atoms with E-state index >= 15 is 0 Å². The van der Waals surface area contributed by atoms with E-state index in [1.807, 2.05) is 5.38 Å². The second kappa shape index (κ2) is 6.33. The van der Waals surface area contributed by atoms with Gasteiger partial charge in [-0.05, 0) is 25.8 Å². The van der Waals surface area contributed by atoms with Crippen molar-refractivity contribution in [3.8, 4) is 0 Å². The summed E-state index contributed by atoms with van der Waals surface area (Å²) in [7, 11) is 0. The lowest BCUT2D eigenvalue weighted by molar-refractivity contribution is -0.137. The Balaban J connectivity index is 1.91. The molecule has 106 valence electrons. The van der Waals surface area contributed by atoms with Crippen LogP contribution in [-0.4, -0.2) is 22.0 Å². The topological polar surface area (TPSA) is 92.4 Å². The number of carboxylic acids is 1. The highest BCUT2D eigenvalue weighted by Crippen LogP contribution is 2.19. The van der Waals surface area contributed by atoms with Crippen molar-refractivity contribution in [3.05, 3.63) is 34.7 Å². The van der Waals surface area contributed by atoms with Crippen molar-refractivity contribution in [2.75, 3.05) is 5.32 Å². The number of aliphatic carboxylic acids is 1. The van der Waals surface area contributed by atoms with Crippen LogP contribution in [-0.2, 0) is 11.2 Å². The minimum Gasteiger partial charge on any atom is -0.481 e. The van der Waals surface area contributed by atoms with Crippen LogP contribution >= 0.6 is 11.3 Å². The number of carboxylic acid groups (broad SMARTS) is 1. The van der Waals surface area contributed by atoms with E-state index < -0.39 is 5.97 Å². The first-order valence-electron chi connectivity index (χ1n) is 6.08. The van der Waals surface area contributed by atoms with Gasteiger partial charge in [-0.15, -0.1) is 11.3 Å². The van der Waals surface area contributed by atoms with Crippen molar-refractivity contribution < 1.29 is 19.1 Å². The first-order chi connectivity index (χ1) is 9.56. The Hall–Kier alpha value is -2.15. The summed E-state index contributed by atoms with van der Waals surface area (Å²) in [5, 5.41) is 13.6. The molecule has 0 unspecified atom stereocenters. The second-order valence-corrected chi connectivity index (χ2v) is 5.09. The summed E-state index contributed by atoms with van der Waals surface area (Å²) in [6, 6.07) is 1.60. The summed E-state index contributed by atoms with van der Waals surface area (Å²) in [6.45, 7) is 1.72. The number of carbonyl (C=O) groups excluding carboxylic acids is 1. The van der Waals surface area contributed by atoms with Gasteiger partial charge in [0.05, 0.1) is 17.5 Å². The lowest BCUT2D eigenvalue weighted by atomic mass is 10.2. The van der Waals surface area contributed by atoms with Crippen LogP contribution in [0.2, 0.25) is 0 Å². The fourth-order valence-electron chi connectivity index (χ4n) is 1.68. The number of rotatable bonds is 6. The molecule has 20 heavy (non-hydrogen) atoms. The van der Waals surface area contributed by atoms with Gasteiger partial charge >= 0.3 is 5.97 Å². The number of hydrogen-bond donors (Lipinski definition) is 2.